The van der Waals surface area contributed by atoms with E-state index in [1.54, 1.807) is 0 Å². The van der Waals surface area contributed by atoms with Crippen LogP contribution in [0.15, 0.2) is 24.3 Å². The van der Waals surface area contributed by atoms with Crippen molar-refractivity contribution in [1.82, 2.24) is 4.90 Å². The Kier molecular flexibility index (Phi) is 5.65. The van der Waals surface area contributed by atoms with Crippen molar-refractivity contribution < 1.29 is 4.74 Å². The molecule has 1 saturated heterocycles. The molecule has 1 aromatic carbocycles. The highest BCUT2D eigenvalue weighted by molar-refractivity contribution is 5.31. The lowest BCUT2D eigenvalue weighted by atomic mass is 9.89. The van der Waals surface area contributed by atoms with Crippen molar-refractivity contribution in [2.75, 3.05) is 13.1 Å². The molecule has 0 aromatic heterocycles. The molecule has 0 aliphatic carbocycles. The van der Waals surface area contributed by atoms with Gasteiger partial charge in [0.05, 0.1) is 6.10 Å². The van der Waals surface area contributed by atoms with E-state index in [1.165, 1.54) is 18.4 Å². The predicted molar refractivity (Wildman–Crippen MR) is 88.6 cm³/mol. The lowest BCUT2D eigenvalue weighted by Crippen LogP contribution is -2.46. The molecule has 1 aliphatic rings. The monoisotopic (exact) mass is 290 g/mol. The first-order valence-electron chi connectivity index (χ1n) is 8.25. The lowest BCUT2D eigenvalue weighted by molar-refractivity contribution is 0.0708. The Morgan fingerprint density at radius 1 is 1.33 bits per heavy atom. The van der Waals surface area contributed by atoms with Crippen LogP contribution < -0.4 is 10.5 Å². The summed E-state index contributed by atoms with van der Waals surface area (Å²) in [6.07, 6.45) is 2.79. The van der Waals surface area contributed by atoms with Crippen LogP contribution in [0.1, 0.15) is 52.1 Å². The summed E-state index contributed by atoms with van der Waals surface area (Å²) in [5, 5.41) is 0. The van der Waals surface area contributed by atoms with Crippen molar-refractivity contribution in [2.24, 2.45) is 11.7 Å². The third-order valence-electron chi connectivity index (χ3n) is 4.66. The molecule has 1 aromatic rings. The first-order valence-corrected chi connectivity index (χ1v) is 8.25. The van der Waals surface area contributed by atoms with E-state index in [1.807, 2.05) is 6.07 Å². The number of benzene rings is 1. The molecule has 3 atom stereocenters. The molecule has 1 fully saturated rings. The number of rotatable bonds is 5. The average molecular weight is 290 g/mol. The van der Waals surface area contributed by atoms with Crippen LogP contribution in [0.3, 0.4) is 0 Å². The summed E-state index contributed by atoms with van der Waals surface area (Å²) in [7, 11) is 0. The van der Waals surface area contributed by atoms with Crippen molar-refractivity contribution in [1.29, 1.82) is 0 Å². The fraction of sp³-hybridized carbons (Fsp3) is 0.667. The normalized spacial score (nSPS) is 25.0. The van der Waals surface area contributed by atoms with Gasteiger partial charge < -0.3 is 10.5 Å². The first-order chi connectivity index (χ1) is 10.0. The molecule has 0 bridgehead atoms. The van der Waals surface area contributed by atoms with Crippen LogP contribution >= 0.6 is 0 Å². The minimum absolute atomic E-state index is 0.200. The van der Waals surface area contributed by atoms with Gasteiger partial charge in [0.15, 0.2) is 0 Å². The van der Waals surface area contributed by atoms with Gasteiger partial charge in [-0.1, -0.05) is 19.1 Å². The van der Waals surface area contributed by atoms with Crippen molar-refractivity contribution in [2.45, 2.75) is 58.7 Å². The van der Waals surface area contributed by atoms with Crippen LogP contribution in [0.4, 0.5) is 0 Å². The van der Waals surface area contributed by atoms with Crippen LogP contribution in [-0.4, -0.2) is 30.1 Å². The van der Waals surface area contributed by atoms with Crippen molar-refractivity contribution in [3.63, 3.8) is 0 Å². The molecule has 0 radical (unpaired) electrons. The van der Waals surface area contributed by atoms with Crippen LogP contribution in [-0.2, 0) is 0 Å². The quantitative estimate of drug-likeness (QED) is 0.900. The van der Waals surface area contributed by atoms with E-state index in [0.717, 1.165) is 18.2 Å². The zero-order valence-corrected chi connectivity index (χ0v) is 13.9. The first kappa shape index (κ1) is 16.3. The summed E-state index contributed by atoms with van der Waals surface area (Å²) in [5.74, 6) is 1.68. The van der Waals surface area contributed by atoms with Gasteiger partial charge in [0, 0.05) is 18.6 Å². The van der Waals surface area contributed by atoms with Gasteiger partial charge in [0.2, 0.25) is 0 Å². The van der Waals surface area contributed by atoms with E-state index in [9.17, 15) is 0 Å². The second-order valence-corrected chi connectivity index (χ2v) is 6.59. The largest absolute Gasteiger partial charge is 0.491 e. The summed E-state index contributed by atoms with van der Waals surface area (Å²) >= 11 is 0. The SMILES string of the molecule is CC(C)Oc1cccc(C(CN)N2CCCC(C)C2C)c1. The molecule has 1 heterocycles. The second kappa shape index (κ2) is 7.28. The van der Waals surface area contributed by atoms with Gasteiger partial charge in [-0.25, -0.2) is 0 Å². The third kappa shape index (κ3) is 3.98. The maximum absolute atomic E-state index is 6.11. The average Bonchev–Trinajstić information content (AvgIpc) is 2.44. The Labute approximate surface area is 129 Å². The Hall–Kier alpha value is -1.06. The third-order valence-corrected chi connectivity index (χ3v) is 4.66. The van der Waals surface area contributed by atoms with E-state index in [4.69, 9.17) is 10.5 Å². The molecule has 0 saturated carbocycles. The number of hydrogen-bond acceptors (Lipinski definition) is 3. The van der Waals surface area contributed by atoms with Crippen LogP contribution in [0.5, 0.6) is 5.75 Å². The standard InChI is InChI=1S/C18H30N2O/c1-13(2)21-17-9-5-8-16(11-17)18(12-19)20-10-6-7-14(3)15(20)4/h5,8-9,11,13-15,18H,6-7,10,12,19H2,1-4H3. The van der Waals surface area contributed by atoms with E-state index >= 15 is 0 Å². The van der Waals surface area contributed by atoms with Crippen molar-refractivity contribution in [3.8, 4) is 5.75 Å². The van der Waals surface area contributed by atoms with Gasteiger partial charge in [-0.05, 0) is 63.8 Å². The molecule has 3 unspecified atom stereocenters. The van der Waals surface area contributed by atoms with E-state index in [0.29, 0.717) is 18.6 Å². The van der Waals surface area contributed by atoms with Crippen molar-refractivity contribution >= 4 is 0 Å². The van der Waals surface area contributed by atoms with E-state index < -0.39 is 0 Å². The summed E-state index contributed by atoms with van der Waals surface area (Å²) in [5.41, 5.74) is 7.39. The van der Waals surface area contributed by atoms with Gasteiger partial charge in [-0.2, -0.15) is 0 Å². The molecule has 21 heavy (non-hydrogen) atoms. The van der Waals surface area contributed by atoms with Crippen LogP contribution in [0, 0.1) is 5.92 Å². The molecular weight excluding hydrogens is 260 g/mol. The Morgan fingerprint density at radius 3 is 2.76 bits per heavy atom. The fourth-order valence-corrected chi connectivity index (χ4v) is 3.34. The highest BCUT2D eigenvalue weighted by atomic mass is 16.5. The van der Waals surface area contributed by atoms with Gasteiger partial charge in [-0.15, -0.1) is 0 Å². The predicted octanol–water partition coefficient (Wildman–Crippen LogP) is 3.59. The lowest BCUT2D eigenvalue weighted by Gasteiger charge is -2.42. The number of piperidine rings is 1. The van der Waals surface area contributed by atoms with Crippen LogP contribution in [0.2, 0.25) is 0 Å². The van der Waals surface area contributed by atoms with E-state index in [-0.39, 0.29) is 6.10 Å². The summed E-state index contributed by atoms with van der Waals surface area (Å²) in [4.78, 5) is 2.57. The number of hydrogen-bond donors (Lipinski definition) is 1. The van der Waals surface area contributed by atoms with Gasteiger partial charge in [0.1, 0.15) is 5.75 Å². The van der Waals surface area contributed by atoms with Gasteiger partial charge in [-0.3, -0.25) is 4.90 Å². The Bertz CT molecular complexity index is 447. The topological polar surface area (TPSA) is 38.5 Å². The fourth-order valence-electron chi connectivity index (χ4n) is 3.34. The van der Waals surface area contributed by atoms with Crippen molar-refractivity contribution in [3.05, 3.63) is 29.8 Å². The van der Waals surface area contributed by atoms with Gasteiger partial charge in [0.25, 0.3) is 0 Å². The molecule has 0 amide bonds. The molecule has 2 rings (SSSR count). The van der Waals surface area contributed by atoms with Crippen LogP contribution in [0.25, 0.3) is 0 Å². The molecule has 2 N–H and O–H groups in total. The second-order valence-electron chi connectivity index (χ2n) is 6.59. The minimum atomic E-state index is 0.200. The maximum Gasteiger partial charge on any atom is 0.120 e. The molecule has 118 valence electrons. The molecule has 1 aliphatic heterocycles. The minimum Gasteiger partial charge on any atom is -0.491 e. The smallest absolute Gasteiger partial charge is 0.120 e. The van der Waals surface area contributed by atoms with E-state index in [2.05, 4.69) is 50.8 Å². The Morgan fingerprint density at radius 2 is 2.10 bits per heavy atom. The molecule has 3 heteroatoms. The van der Waals surface area contributed by atoms with Gasteiger partial charge >= 0.3 is 0 Å². The zero-order valence-electron chi connectivity index (χ0n) is 13.9. The maximum atomic E-state index is 6.11. The summed E-state index contributed by atoms with van der Waals surface area (Å²) in [6, 6.07) is 9.31. The molecular formula is C18H30N2O. The molecule has 0 spiro atoms. The zero-order chi connectivity index (χ0) is 15.4. The molecule has 3 nitrogen and oxygen atoms in total. The highest BCUT2D eigenvalue weighted by Gasteiger charge is 2.30. The summed E-state index contributed by atoms with van der Waals surface area (Å²) < 4.78 is 5.83. The number of likely N-dealkylation sites (tertiary alicyclic amines) is 1. The Balaban J connectivity index is 2.20. The number of nitrogens with zero attached hydrogens (tertiary/aromatic N) is 1. The number of ether oxygens (including phenoxy) is 1. The summed E-state index contributed by atoms with van der Waals surface area (Å²) in [6.45, 7) is 10.6. The highest BCUT2D eigenvalue weighted by Crippen LogP contribution is 2.32. The number of nitrogens with two attached hydrogens (primary N) is 1.